The average Bonchev–Trinajstić information content (AvgIpc) is 2.81. The maximum Gasteiger partial charge on any atom is 0.416 e. The monoisotopic (exact) mass is 241 g/mol. The SMILES string of the molecule is O=c1[nH]c(=O)n2c3c1nc1ccccc1[n+]3CC2. The Labute approximate surface area is 100 Å². The maximum absolute atomic E-state index is 11.8. The van der Waals surface area contributed by atoms with Gasteiger partial charge in [-0.05, 0) is 12.1 Å². The highest BCUT2D eigenvalue weighted by molar-refractivity contribution is 5.79. The van der Waals surface area contributed by atoms with Gasteiger partial charge in [-0.1, -0.05) is 12.1 Å². The fourth-order valence-electron chi connectivity index (χ4n) is 2.58. The number of hydrogen-bond acceptors (Lipinski definition) is 3. The number of fused-ring (bicyclic) bond motifs is 2. The van der Waals surface area contributed by atoms with E-state index in [1.54, 1.807) is 4.57 Å². The van der Waals surface area contributed by atoms with Gasteiger partial charge in [0.05, 0.1) is 0 Å². The van der Waals surface area contributed by atoms with Gasteiger partial charge in [0.1, 0.15) is 18.6 Å². The number of aryl methyl sites for hydroxylation is 2. The quantitative estimate of drug-likeness (QED) is 0.427. The van der Waals surface area contributed by atoms with Crippen molar-refractivity contribution in [3.05, 3.63) is 45.1 Å². The zero-order chi connectivity index (χ0) is 12.3. The maximum atomic E-state index is 11.8. The Hall–Kier alpha value is -2.50. The molecule has 2 aromatic heterocycles. The Morgan fingerprint density at radius 3 is 3.00 bits per heavy atom. The van der Waals surface area contributed by atoms with Crippen LogP contribution >= 0.6 is 0 Å². The van der Waals surface area contributed by atoms with Gasteiger partial charge in [-0.25, -0.2) is 14.3 Å². The van der Waals surface area contributed by atoms with Crippen molar-refractivity contribution >= 4 is 22.2 Å². The topological polar surface area (TPSA) is 71.6 Å². The third-order valence-electron chi connectivity index (χ3n) is 3.36. The van der Waals surface area contributed by atoms with Crippen LogP contribution in [0.4, 0.5) is 0 Å². The van der Waals surface area contributed by atoms with Gasteiger partial charge in [-0.15, -0.1) is 0 Å². The lowest BCUT2D eigenvalue weighted by Crippen LogP contribution is -2.36. The predicted molar refractivity (Wildman–Crippen MR) is 64.3 cm³/mol. The van der Waals surface area contributed by atoms with Crippen LogP contribution in [0.15, 0.2) is 33.9 Å². The van der Waals surface area contributed by atoms with Crippen molar-refractivity contribution in [2.24, 2.45) is 0 Å². The summed E-state index contributed by atoms with van der Waals surface area (Å²) in [5, 5.41) is 0. The highest BCUT2D eigenvalue weighted by Gasteiger charge is 2.28. The molecule has 0 aliphatic carbocycles. The minimum atomic E-state index is -0.423. The fourth-order valence-corrected chi connectivity index (χ4v) is 2.58. The van der Waals surface area contributed by atoms with Gasteiger partial charge < -0.3 is 0 Å². The first kappa shape index (κ1) is 9.52. The predicted octanol–water partition coefficient (Wildman–Crippen LogP) is -0.461. The molecule has 4 rings (SSSR count). The Morgan fingerprint density at radius 1 is 1.28 bits per heavy atom. The summed E-state index contributed by atoms with van der Waals surface area (Å²) in [5.41, 5.74) is 1.86. The summed E-state index contributed by atoms with van der Waals surface area (Å²) in [5.74, 6) is 0. The molecule has 0 unspecified atom stereocenters. The summed E-state index contributed by atoms with van der Waals surface area (Å²) in [7, 11) is 0. The molecule has 0 spiro atoms. The van der Waals surface area contributed by atoms with Crippen molar-refractivity contribution in [1.82, 2.24) is 14.5 Å². The van der Waals surface area contributed by atoms with E-state index in [-0.39, 0.29) is 5.69 Å². The number of H-pyrrole nitrogens is 1. The van der Waals surface area contributed by atoms with E-state index in [9.17, 15) is 9.59 Å². The first-order chi connectivity index (χ1) is 8.75. The summed E-state index contributed by atoms with van der Waals surface area (Å²) >= 11 is 0. The lowest BCUT2D eigenvalue weighted by atomic mass is 10.3. The van der Waals surface area contributed by atoms with Crippen molar-refractivity contribution in [3.63, 3.8) is 0 Å². The number of nitrogens with one attached hydrogen (secondary N) is 1. The van der Waals surface area contributed by atoms with Crippen molar-refractivity contribution in [2.45, 2.75) is 13.1 Å². The summed E-state index contributed by atoms with van der Waals surface area (Å²) in [6.07, 6.45) is 0. The molecule has 0 amide bonds. The highest BCUT2D eigenvalue weighted by atomic mass is 16.2. The molecule has 3 aromatic rings. The van der Waals surface area contributed by atoms with Crippen LogP contribution in [0.2, 0.25) is 0 Å². The molecular weight excluding hydrogens is 232 g/mol. The summed E-state index contributed by atoms with van der Waals surface area (Å²) < 4.78 is 3.55. The zero-order valence-corrected chi connectivity index (χ0v) is 9.38. The van der Waals surface area contributed by atoms with E-state index in [1.165, 1.54) is 0 Å². The van der Waals surface area contributed by atoms with Crippen LogP contribution < -0.4 is 15.8 Å². The van der Waals surface area contributed by atoms with Gasteiger partial charge >= 0.3 is 11.3 Å². The molecular formula is C12H9N4O2+. The van der Waals surface area contributed by atoms with Gasteiger partial charge in [0.15, 0.2) is 5.52 Å². The van der Waals surface area contributed by atoms with Crippen LogP contribution in [-0.2, 0) is 13.1 Å². The standard InChI is InChI=1S/C12H8N4O2/c17-10-9-11-15(5-6-16(11)12(18)14-10)8-4-2-1-3-7(8)13-9/h1-4H,5-6H2/p+1. The number of benzene rings is 1. The minimum absolute atomic E-state index is 0.325. The lowest BCUT2D eigenvalue weighted by molar-refractivity contribution is -0.637. The van der Waals surface area contributed by atoms with Gasteiger partial charge in [-0.2, -0.15) is 4.57 Å². The first-order valence-corrected chi connectivity index (χ1v) is 5.71. The Bertz CT molecular complexity index is 923. The van der Waals surface area contributed by atoms with Gasteiger partial charge in [0, 0.05) is 0 Å². The number of nitrogens with zero attached hydrogens (tertiary/aromatic N) is 3. The van der Waals surface area contributed by atoms with Gasteiger partial charge in [-0.3, -0.25) is 9.78 Å². The smallest absolute Gasteiger partial charge is 0.267 e. The van der Waals surface area contributed by atoms with E-state index in [1.807, 2.05) is 28.8 Å². The summed E-state index contributed by atoms with van der Waals surface area (Å²) in [4.78, 5) is 30.2. The van der Waals surface area contributed by atoms with Crippen LogP contribution in [0.25, 0.3) is 22.2 Å². The van der Waals surface area contributed by atoms with Crippen LogP contribution in [-0.4, -0.2) is 14.5 Å². The summed E-state index contributed by atoms with van der Waals surface area (Å²) in [6, 6.07) is 7.62. The second-order valence-electron chi connectivity index (χ2n) is 4.34. The molecule has 0 bridgehead atoms. The number of hydrogen-bond donors (Lipinski definition) is 1. The van der Waals surface area contributed by atoms with Crippen LogP contribution in [0.3, 0.4) is 0 Å². The lowest BCUT2D eigenvalue weighted by Gasteiger charge is -2.00. The van der Waals surface area contributed by atoms with Crippen molar-refractivity contribution < 1.29 is 4.57 Å². The molecule has 18 heavy (non-hydrogen) atoms. The van der Waals surface area contributed by atoms with E-state index in [4.69, 9.17) is 0 Å². The molecule has 0 saturated heterocycles. The second kappa shape index (κ2) is 3.04. The Kier molecular flexibility index (Phi) is 1.61. The molecule has 1 aliphatic heterocycles. The van der Waals surface area contributed by atoms with E-state index >= 15 is 0 Å². The Balaban J connectivity index is 2.41. The molecule has 0 saturated carbocycles. The molecule has 1 aromatic carbocycles. The molecule has 3 heterocycles. The third-order valence-corrected chi connectivity index (χ3v) is 3.36. The second-order valence-corrected chi connectivity index (χ2v) is 4.34. The van der Waals surface area contributed by atoms with Gasteiger partial charge in [0.2, 0.25) is 5.52 Å². The fraction of sp³-hybridized carbons (Fsp3) is 0.167. The minimum Gasteiger partial charge on any atom is -0.267 e. The zero-order valence-electron chi connectivity index (χ0n) is 9.38. The molecule has 88 valence electrons. The van der Waals surface area contributed by atoms with E-state index < -0.39 is 5.56 Å². The largest absolute Gasteiger partial charge is 0.416 e. The normalized spacial score (nSPS) is 13.6. The summed E-state index contributed by atoms with van der Waals surface area (Å²) in [6.45, 7) is 1.26. The molecule has 0 atom stereocenters. The molecule has 1 N–H and O–H groups in total. The molecule has 6 nitrogen and oxygen atoms in total. The Morgan fingerprint density at radius 2 is 2.11 bits per heavy atom. The number of para-hydroxylation sites is 2. The average molecular weight is 241 g/mol. The van der Waals surface area contributed by atoms with Crippen molar-refractivity contribution in [1.29, 1.82) is 0 Å². The van der Waals surface area contributed by atoms with Crippen LogP contribution in [0.5, 0.6) is 0 Å². The molecule has 1 aliphatic rings. The van der Waals surface area contributed by atoms with E-state index in [2.05, 4.69) is 9.97 Å². The third kappa shape index (κ3) is 1.02. The van der Waals surface area contributed by atoms with E-state index in [0.29, 0.717) is 24.3 Å². The van der Waals surface area contributed by atoms with Gasteiger partial charge in [0.25, 0.3) is 5.56 Å². The molecule has 0 radical (unpaired) electrons. The molecule has 6 heteroatoms. The van der Waals surface area contributed by atoms with Crippen molar-refractivity contribution in [2.75, 3.05) is 0 Å². The van der Waals surface area contributed by atoms with E-state index in [0.717, 1.165) is 11.0 Å². The highest BCUT2D eigenvalue weighted by Crippen LogP contribution is 2.13. The molecule has 0 fully saturated rings. The number of aromatic amines is 1. The number of rotatable bonds is 0. The number of aromatic nitrogens is 4. The van der Waals surface area contributed by atoms with Crippen molar-refractivity contribution in [3.8, 4) is 0 Å². The van der Waals surface area contributed by atoms with Crippen LogP contribution in [0.1, 0.15) is 0 Å². The van der Waals surface area contributed by atoms with Crippen LogP contribution in [0, 0.1) is 0 Å². The first-order valence-electron chi connectivity index (χ1n) is 5.71.